The van der Waals surface area contributed by atoms with E-state index >= 15 is 0 Å². The van der Waals surface area contributed by atoms with Gasteiger partial charge < -0.3 is 10.6 Å². The monoisotopic (exact) mass is 278 g/mol. The lowest BCUT2D eigenvalue weighted by atomic mass is 9.96. The second kappa shape index (κ2) is 5.83. The summed E-state index contributed by atoms with van der Waals surface area (Å²) in [6, 6.07) is 14.2. The Morgan fingerprint density at radius 2 is 1.95 bits per heavy atom. The lowest BCUT2D eigenvalue weighted by molar-refractivity contribution is 0.252. The molecule has 2 amide bonds. The summed E-state index contributed by atoms with van der Waals surface area (Å²) in [5.74, 6) is 0. The van der Waals surface area contributed by atoms with Gasteiger partial charge in [-0.05, 0) is 47.7 Å². The molecule has 0 heterocycles. The zero-order chi connectivity index (χ0) is 14.7. The second-order valence-electron chi connectivity index (χ2n) is 5.04. The largest absolute Gasteiger partial charge is 0.338 e. The van der Waals surface area contributed by atoms with Gasteiger partial charge >= 0.3 is 6.03 Å². The van der Waals surface area contributed by atoms with Gasteiger partial charge in [-0.25, -0.2) is 4.79 Å². The maximum atomic E-state index is 11.5. The molecule has 0 radical (unpaired) electrons. The molecule has 1 aliphatic carbocycles. The number of urea groups is 1. The minimum atomic E-state index is -0.171. The van der Waals surface area contributed by atoms with Gasteiger partial charge in [0.1, 0.15) is 0 Å². The zero-order valence-corrected chi connectivity index (χ0v) is 12.0. The Hall–Kier alpha value is -2.55. The van der Waals surface area contributed by atoms with Gasteiger partial charge in [0.15, 0.2) is 0 Å². The Balaban J connectivity index is 1.82. The van der Waals surface area contributed by atoms with Crippen molar-refractivity contribution < 1.29 is 4.79 Å². The molecule has 2 aromatic rings. The van der Waals surface area contributed by atoms with E-state index in [4.69, 9.17) is 0 Å². The van der Waals surface area contributed by atoms with E-state index in [2.05, 4.69) is 53.1 Å². The lowest BCUT2D eigenvalue weighted by Gasteiger charge is -2.10. The molecular formula is C18H18N2O. The quantitative estimate of drug-likeness (QED) is 0.873. The number of carbonyl (C=O) groups excluding carboxylic acids is 1. The molecular weight excluding hydrogens is 260 g/mol. The first kappa shape index (κ1) is 13.4. The molecule has 0 fully saturated rings. The van der Waals surface area contributed by atoms with Crippen molar-refractivity contribution in [2.75, 3.05) is 11.9 Å². The van der Waals surface area contributed by atoms with Gasteiger partial charge in [-0.3, -0.25) is 0 Å². The van der Waals surface area contributed by atoms with Crippen molar-refractivity contribution in [3.8, 4) is 11.1 Å². The summed E-state index contributed by atoms with van der Waals surface area (Å²) in [6.07, 6.45) is 5.35. The minimum absolute atomic E-state index is 0.171. The third-order valence-corrected chi connectivity index (χ3v) is 3.62. The van der Waals surface area contributed by atoms with E-state index in [-0.39, 0.29) is 6.03 Å². The fourth-order valence-electron chi connectivity index (χ4n) is 2.63. The SMILES string of the molecule is CCNC(=O)Nc1ccc(-c2cccc3c2CC=C3)cc1. The molecule has 0 saturated carbocycles. The molecule has 21 heavy (non-hydrogen) atoms. The van der Waals surface area contributed by atoms with Crippen molar-refractivity contribution in [2.45, 2.75) is 13.3 Å². The van der Waals surface area contributed by atoms with Gasteiger partial charge in [-0.2, -0.15) is 0 Å². The van der Waals surface area contributed by atoms with Crippen molar-refractivity contribution in [3.05, 3.63) is 59.7 Å². The van der Waals surface area contributed by atoms with E-state index in [1.165, 1.54) is 22.3 Å². The molecule has 0 spiro atoms. The van der Waals surface area contributed by atoms with Gasteiger partial charge in [-0.1, -0.05) is 42.5 Å². The first-order valence-corrected chi connectivity index (χ1v) is 7.21. The van der Waals surface area contributed by atoms with Gasteiger partial charge in [-0.15, -0.1) is 0 Å². The molecule has 1 aliphatic rings. The van der Waals surface area contributed by atoms with Crippen LogP contribution in [0.15, 0.2) is 48.5 Å². The summed E-state index contributed by atoms with van der Waals surface area (Å²) in [7, 11) is 0. The average molecular weight is 278 g/mol. The molecule has 0 bridgehead atoms. The van der Waals surface area contributed by atoms with Crippen LogP contribution in [-0.4, -0.2) is 12.6 Å². The topological polar surface area (TPSA) is 41.1 Å². The average Bonchev–Trinajstić information content (AvgIpc) is 2.97. The molecule has 106 valence electrons. The number of allylic oxidation sites excluding steroid dienone is 1. The van der Waals surface area contributed by atoms with Crippen molar-refractivity contribution in [3.63, 3.8) is 0 Å². The number of fused-ring (bicyclic) bond motifs is 1. The van der Waals surface area contributed by atoms with Crippen molar-refractivity contribution in [2.24, 2.45) is 0 Å². The zero-order valence-electron chi connectivity index (χ0n) is 12.0. The Morgan fingerprint density at radius 1 is 1.14 bits per heavy atom. The predicted octanol–water partition coefficient (Wildman–Crippen LogP) is 4.06. The molecule has 3 rings (SSSR count). The van der Waals surface area contributed by atoms with Gasteiger partial charge in [0, 0.05) is 12.2 Å². The molecule has 3 heteroatoms. The summed E-state index contributed by atoms with van der Waals surface area (Å²) < 4.78 is 0. The summed E-state index contributed by atoms with van der Waals surface area (Å²) in [4.78, 5) is 11.5. The number of hydrogen-bond acceptors (Lipinski definition) is 1. The number of rotatable bonds is 3. The summed E-state index contributed by atoms with van der Waals surface area (Å²) in [5.41, 5.74) is 5.92. The van der Waals surface area contributed by atoms with Crippen molar-refractivity contribution >= 4 is 17.8 Å². The van der Waals surface area contributed by atoms with Crippen LogP contribution in [-0.2, 0) is 6.42 Å². The Kier molecular flexibility index (Phi) is 3.73. The predicted molar refractivity (Wildman–Crippen MR) is 87.3 cm³/mol. The molecule has 3 nitrogen and oxygen atoms in total. The highest BCUT2D eigenvalue weighted by Gasteiger charge is 2.11. The van der Waals surface area contributed by atoms with E-state index in [9.17, 15) is 4.79 Å². The van der Waals surface area contributed by atoms with Crippen LogP contribution in [0.4, 0.5) is 10.5 Å². The Labute approximate surface area is 124 Å². The Morgan fingerprint density at radius 3 is 2.71 bits per heavy atom. The number of nitrogens with one attached hydrogen (secondary N) is 2. The van der Waals surface area contributed by atoms with Crippen LogP contribution in [0.25, 0.3) is 17.2 Å². The number of anilines is 1. The van der Waals surface area contributed by atoms with Crippen LogP contribution in [0.5, 0.6) is 0 Å². The van der Waals surface area contributed by atoms with Crippen LogP contribution in [0.3, 0.4) is 0 Å². The maximum Gasteiger partial charge on any atom is 0.319 e. The fourth-order valence-corrected chi connectivity index (χ4v) is 2.63. The molecule has 0 saturated heterocycles. The van der Waals surface area contributed by atoms with E-state index in [1.807, 2.05) is 19.1 Å². The molecule has 0 aromatic heterocycles. The van der Waals surface area contributed by atoms with Gasteiger partial charge in [0.2, 0.25) is 0 Å². The minimum Gasteiger partial charge on any atom is -0.338 e. The van der Waals surface area contributed by atoms with Crippen LogP contribution in [0.1, 0.15) is 18.1 Å². The van der Waals surface area contributed by atoms with Gasteiger partial charge in [0.25, 0.3) is 0 Å². The molecule has 0 unspecified atom stereocenters. The maximum absolute atomic E-state index is 11.5. The summed E-state index contributed by atoms with van der Waals surface area (Å²) in [6.45, 7) is 2.51. The number of benzene rings is 2. The van der Waals surface area contributed by atoms with E-state index in [0.717, 1.165) is 12.1 Å². The Bertz CT molecular complexity index is 687. The molecule has 2 N–H and O–H groups in total. The van der Waals surface area contributed by atoms with E-state index in [0.29, 0.717) is 6.54 Å². The highest BCUT2D eigenvalue weighted by molar-refractivity contribution is 5.89. The summed E-state index contributed by atoms with van der Waals surface area (Å²) in [5, 5.41) is 5.53. The number of amides is 2. The molecule has 0 atom stereocenters. The highest BCUT2D eigenvalue weighted by atomic mass is 16.2. The second-order valence-corrected chi connectivity index (χ2v) is 5.04. The van der Waals surface area contributed by atoms with Gasteiger partial charge in [0.05, 0.1) is 0 Å². The smallest absolute Gasteiger partial charge is 0.319 e. The third-order valence-electron chi connectivity index (χ3n) is 3.62. The van der Waals surface area contributed by atoms with E-state index in [1.54, 1.807) is 0 Å². The molecule has 0 aliphatic heterocycles. The molecule has 2 aromatic carbocycles. The standard InChI is InChI=1S/C18H18N2O/c1-2-19-18(21)20-15-11-9-14(10-12-15)17-8-4-6-13-5-3-7-16(13)17/h3-6,8-12H,2,7H2,1H3,(H2,19,20,21). The van der Waals surface area contributed by atoms with Crippen LogP contribution in [0, 0.1) is 0 Å². The third kappa shape index (κ3) is 2.82. The number of carbonyl (C=O) groups is 1. The fraction of sp³-hybridized carbons (Fsp3) is 0.167. The highest BCUT2D eigenvalue weighted by Crippen LogP contribution is 2.31. The van der Waals surface area contributed by atoms with E-state index < -0.39 is 0 Å². The van der Waals surface area contributed by atoms with Crippen LogP contribution >= 0.6 is 0 Å². The summed E-state index contributed by atoms with van der Waals surface area (Å²) >= 11 is 0. The van der Waals surface area contributed by atoms with Crippen molar-refractivity contribution in [1.29, 1.82) is 0 Å². The normalized spacial score (nSPS) is 12.0. The first-order chi connectivity index (χ1) is 10.3. The van der Waals surface area contributed by atoms with Crippen molar-refractivity contribution in [1.82, 2.24) is 5.32 Å². The lowest BCUT2D eigenvalue weighted by Crippen LogP contribution is -2.28. The first-order valence-electron chi connectivity index (χ1n) is 7.21. The number of hydrogen-bond donors (Lipinski definition) is 2. The van der Waals surface area contributed by atoms with Crippen LogP contribution in [0.2, 0.25) is 0 Å². The van der Waals surface area contributed by atoms with Crippen LogP contribution < -0.4 is 10.6 Å².